The Kier molecular flexibility index (Phi) is 4.27. The molecule has 0 aliphatic rings. The Morgan fingerprint density at radius 2 is 1.79 bits per heavy atom. The van der Waals surface area contributed by atoms with Crippen LogP contribution in [0, 0.1) is 19.7 Å². The molecule has 2 rings (SSSR count). The number of benzene rings is 1. The van der Waals surface area contributed by atoms with Gasteiger partial charge in [0.05, 0.1) is 6.04 Å². The van der Waals surface area contributed by atoms with Crippen molar-refractivity contribution in [2.75, 3.05) is 6.54 Å². The highest BCUT2D eigenvalue weighted by Crippen LogP contribution is 2.25. The van der Waals surface area contributed by atoms with E-state index in [0.717, 1.165) is 23.5 Å². The van der Waals surface area contributed by atoms with Gasteiger partial charge in [0.15, 0.2) is 0 Å². The van der Waals surface area contributed by atoms with E-state index in [1.54, 1.807) is 6.07 Å². The van der Waals surface area contributed by atoms with E-state index in [0.29, 0.717) is 5.56 Å². The molecule has 2 aromatic rings. The Hall–Kier alpha value is -1.74. The molecule has 0 saturated heterocycles. The number of aromatic nitrogens is 1. The van der Waals surface area contributed by atoms with Crippen LogP contribution in [-0.2, 0) is 0 Å². The van der Waals surface area contributed by atoms with E-state index in [2.05, 4.69) is 10.3 Å². The number of aryl methyl sites for hydroxylation is 2. The maximum Gasteiger partial charge on any atom is 0.128 e. The quantitative estimate of drug-likeness (QED) is 0.907. The molecule has 2 nitrogen and oxygen atoms in total. The Balaban J connectivity index is 2.48. The highest BCUT2D eigenvalue weighted by atomic mass is 19.1. The molecule has 1 heterocycles. The van der Waals surface area contributed by atoms with E-state index in [1.807, 2.05) is 45.0 Å². The van der Waals surface area contributed by atoms with Crippen molar-refractivity contribution in [3.63, 3.8) is 0 Å². The van der Waals surface area contributed by atoms with Crippen LogP contribution in [0.15, 0.2) is 36.4 Å². The summed E-state index contributed by atoms with van der Waals surface area (Å²) in [6.07, 6.45) is 0. The number of hydrogen-bond donors (Lipinski definition) is 1. The lowest BCUT2D eigenvalue weighted by atomic mass is 9.97. The second kappa shape index (κ2) is 5.93. The zero-order valence-corrected chi connectivity index (χ0v) is 11.6. The molecule has 1 atom stereocenters. The van der Waals surface area contributed by atoms with Gasteiger partial charge in [-0.1, -0.05) is 25.1 Å². The fraction of sp³-hybridized carbons (Fsp3) is 0.312. The SMILES string of the molecule is CCNC(c1cc(C)nc(C)c1)c1ccccc1F. The molecule has 0 aliphatic heterocycles. The zero-order valence-electron chi connectivity index (χ0n) is 11.6. The highest BCUT2D eigenvalue weighted by molar-refractivity contribution is 5.34. The molecular formula is C16H19FN2. The topological polar surface area (TPSA) is 24.9 Å². The van der Waals surface area contributed by atoms with Gasteiger partial charge in [-0.25, -0.2) is 4.39 Å². The molecule has 0 fully saturated rings. The van der Waals surface area contributed by atoms with Crippen LogP contribution >= 0.6 is 0 Å². The summed E-state index contributed by atoms with van der Waals surface area (Å²) in [6, 6.07) is 10.8. The third-order valence-corrected chi connectivity index (χ3v) is 3.06. The number of nitrogens with zero attached hydrogens (tertiary/aromatic N) is 1. The number of nitrogens with one attached hydrogen (secondary N) is 1. The Morgan fingerprint density at radius 1 is 1.16 bits per heavy atom. The summed E-state index contributed by atoms with van der Waals surface area (Å²) in [5.41, 5.74) is 3.63. The van der Waals surface area contributed by atoms with Crippen molar-refractivity contribution in [3.8, 4) is 0 Å². The zero-order chi connectivity index (χ0) is 13.8. The minimum atomic E-state index is -0.180. The molecule has 0 saturated carbocycles. The first-order valence-electron chi connectivity index (χ1n) is 6.54. The summed E-state index contributed by atoms with van der Waals surface area (Å²) in [5.74, 6) is -0.180. The molecule has 1 aromatic heterocycles. The first-order valence-corrected chi connectivity index (χ1v) is 6.54. The molecule has 0 bridgehead atoms. The van der Waals surface area contributed by atoms with Crippen LogP contribution in [0.4, 0.5) is 4.39 Å². The lowest BCUT2D eigenvalue weighted by molar-refractivity contribution is 0.558. The normalized spacial score (nSPS) is 12.4. The average molecular weight is 258 g/mol. The van der Waals surface area contributed by atoms with Crippen molar-refractivity contribution < 1.29 is 4.39 Å². The van der Waals surface area contributed by atoms with Gasteiger partial charge in [-0.05, 0) is 44.2 Å². The first-order chi connectivity index (χ1) is 9.11. The monoisotopic (exact) mass is 258 g/mol. The predicted octanol–water partition coefficient (Wildman–Crippen LogP) is 3.54. The number of halogens is 1. The third-order valence-electron chi connectivity index (χ3n) is 3.06. The molecule has 0 radical (unpaired) electrons. The van der Waals surface area contributed by atoms with Crippen molar-refractivity contribution in [1.82, 2.24) is 10.3 Å². The second-order valence-corrected chi connectivity index (χ2v) is 4.70. The first kappa shape index (κ1) is 13.7. The summed E-state index contributed by atoms with van der Waals surface area (Å²) in [6.45, 7) is 6.72. The van der Waals surface area contributed by atoms with Crippen molar-refractivity contribution in [3.05, 3.63) is 64.7 Å². The Labute approximate surface area is 113 Å². The van der Waals surface area contributed by atoms with Crippen LogP contribution in [-0.4, -0.2) is 11.5 Å². The summed E-state index contributed by atoms with van der Waals surface area (Å²) in [7, 11) is 0. The van der Waals surface area contributed by atoms with Crippen molar-refractivity contribution in [2.45, 2.75) is 26.8 Å². The third kappa shape index (κ3) is 3.18. The van der Waals surface area contributed by atoms with Gasteiger partial charge < -0.3 is 5.32 Å². The molecular weight excluding hydrogens is 239 g/mol. The number of hydrogen-bond acceptors (Lipinski definition) is 2. The van der Waals surface area contributed by atoms with Gasteiger partial charge in [0.2, 0.25) is 0 Å². The minimum Gasteiger partial charge on any atom is -0.306 e. The van der Waals surface area contributed by atoms with Gasteiger partial charge in [0.1, 0.15) is 5.82 Å². The van der Waals surface area contributed by atoms with E-state index in [-0.39, 0.29) is 11.9 Å². The fourth-order valence-corrected chi connectivity index (χ4v) is 2.35. The average Bonchev–Trinajstić information content (AvgIpc) is 2.36. The molecule has 3 heteroatoms. The van der Waals surface area contributed by atoms with Gasteiger partial charge >= 0.3 is 0 Å². The molecule has 1 N–H and O–H groups in total. The van der Waals surface area contributed by atoms with Crippen molar-refractivity contribution >= 4 is 0 Å². The van der Waals surface area contributed by atoms with Crippen LogP contribution in [0.3, 0.4) is 0 Å². The summed E-state index contributed by atoms with van der Waals surface area (Å²) < 4.78 is 14.0. The minimum absolute atomic E-state index is 0.133. The van der Waals surface area contributed by atoms with Gasteiger partial charge in [-0.15, -0.1) is 0 Å². The molecule has 100 valence electrons. The number of pyridine rings is 1. The van der Waals surface area contributed by atoms with Crippen LogP contribution in [0.1, 0.15) is 35.5 Å². The Bertz CT molecular complexity index is 546. The lowest BCUT2D eigenvalue weighted by Gasteiger charge is -2.20. The molecule has 1 unspecified atom stereocenters. The highest BCUT2D eigenvalue weighted by Gasteiger charge is 2.17. The largest absolute Gasteiger partial charge is 0.306 e. The predicted molar refractivity (Wildman–Crippen MR) is 75.6 cm³/mol. The van der Waals surface area contributed by atoms with Crippen molar-refractivity contribution in [1.29, 1.82) is 0 Å². The van der Waals surface area contributed by atoms with Crippen LogP contribution in [0.2, 0.25) is 0 Å². The standard InChI is InChI=1S/C16H19FN2/c1-4-18-16(14-7-5-6-8-15(14)17)13-9-11(2)19-12(3)10-13/h5-10,16,18H,4H2,1-3H3. The molecule has 0 aliphatic carbocycles. The summed E-state index contributed by atoms with van der Waals surface area (Å²) >= 11 is 0. The fourth-order valence-electron chi connectivity index (χ4n) is 2.35. The summed E-state index contributed by atoms with van der Waals surface area (Å²) in [5, 5.41) is 3.34. The maximum absolute atomic E-state index is 14.0. The Morgan fingerprint density at radius 3 is 2.37 bits per heavy atom. The van der Waals surface area contributed by atoms with Crippen LogP contribution < -0.4 is 5.32 Å². The second-order valence-electron chi connectivity index (χ2n) is 4.70. The molecule has 0 spiro atoms. The van der Waals surface area contributed by atoms with Gasteiger partial charge in [-0.2, -0.15) is 0 Å². The smallest absolute Gasteiger partial charge is 0.128 e. The summed E-state index contributed by atoms with van der Waals surface area (Å²) in [4.78, 5) is 4.37. The molecule has 19 heavy (non-hydrogen) atoms. The van der Waals surface area contributed by atoms with E-state index in [4.69, 9.17) is 0 Å². The van der Waals surface area contributed by atoms with Crippen LogP contribution in [0.5, 0.6) is 0 Å². The van der Waals surface area contributed by atoms with Crippen molar-refractivity contribution in [2.24, 2.45) is 0 Å². The maximum atomic E-state index is 14.0. The van der Waals surface area contributed by atoms with Gasteiger partial charge in [0.25, 0.3) is 0 Å². The lowest BCUT2D eigenvalue weighted by Crippen LogP contribution is -2.23. The number of rotatable bonds is 4. The van der Waals surface area contributed by atoms with E-state index >= 15 is 0 Å². The van der Waals surface area contributed by atoms with E-state index in [1.165, 1.54) is 6.07 Å². The van der Waals surface area contributed by atoms with Gasteiger partial charge in [0, 0.05) is 17.0 Å². The van der Waals surface area contributed by atoms with Crippen LogP contribution in [0.25, 0.3) is 0 Å². The van der Waals surface area contributed by atoms with E-state index in [9.17, 15) is 4.39 Å². The molecule has 1 aromatic carbocycles. The van der Waals surface area contributed by atoms with Gasteiger partial charge in [-0.3, -0.25) is 4.98 Å². The van der Waals surface area contributed by atoms with E-state index < -0.39 is 0 Å². The molecule has 0 amide bonds.